The average Bonchev–Trinajstić information content (AvgIpc) is 3.09. The van der Waals surface area contributed by atoms with E-state index in [1.54, 1.807) is 30.6 Å². The first kappa shape index (κ1) is 23.3. The van der Waals surface area contributed by atoms with Gasteiger partial charge in [0.15, 0.2) is 11.5 Å². The minimum Gasteiger partial charge on any atom is -0.502 e. The molecule has 0 bridgehead atoms. The number of phenols is 1. The van der Waals surface area contributed by atoms with Gasteiger partial charge in [0.1, 0.15) is 5.82 Å². The number of pyridine rings is 1. The molecule has 2 atom stereocenters. The summed E-state index contributed by atoms with van der Waals surface area (Å²) >= 11 is 0. The van der Waals surface area contributed by atoms with Crippen LogP contribution in [0.5, 0.6) is 17.2 Å². The average molecular weight is 463 g/mol. The van der Waals surface area contributed by atoms with Crippen molar-refractivity contribution in [1.29, 1.82) is 0 Å². The number of methoxy groups -OCH3 is 2. The van der Waals surface area contributed by atoms with Crippen LogP contribution in [0.15, 0.2) is 54.9 Å². The number of nitrogens with zero attached hydrogens (tertiary/aromatic N) is 1. The van der Waals surface area contributed by atoms with Crippen molar-refractivity contribution < 1.29 is 23.8 Å². The minimum atomic E-state index is -0.332. The Kier molecular flexibility index (Phi) is 6.82. The van der Waals surface area contributed by atoms with Crippen LogP contribution >= 0.6 is 0 Å². The largest absolute Gasteiger partial charge is 0.502 e. The van der Waals surface area contributed by atoms with Crippen molar-refractivity contribution >= 4 is 17.6 Å². The van der Waals surface area contributed by atoms with Gasteiger partial charge in [0.2, 0.25) is 11.7 Å². The van der Waals surface area contributed by atoms with Gasteiger partial charge in [-0.25, -0.2) is 4.39 Å². The summed E-state index contributed by atoms with van der Waals surface area (Å²) in [6.45, 7) is 2.43. The van der Waals surface area contributed by atoms with E-state index in [1.165, 1.54) is 26.4 Å². The highest BCUT2D eigenvalue weighted by Gasteiger charge is 2.35. The standard InChI is InChI=1S/C27H27FN2O4/c1-16-21(9-18-10-24(33-2)27(32)25(11-18)34-3)20-7-6-19(28)12-23(20)22(16)13-26(31)30-15-17-5-4-8-29-14-17/h4-12,14,16,22,32H,13,15H2,1-3H3,(H,30,31)/b21-9-. The van der Waals surface area contributed by atoms with Crippen molar-refractivity contribution in [1.82, 2.24) is 10.3 Å². The van der Waals surface area contributed by atoms with E-state index in [9.17, 15) is 14.3 Å². The Morgan fingerprint density at radius 3 is 2.56 bits per heavy atom. The zero-order chi connectivity index (χ0) is 24.2. The lowest BCUT2D eigenvalue weighted by molar-refractivity contribution is -0.121. The zero-order valence-electron chi connectivity index (χ0n) is 19.3. The molecule has 0 saturated heterocycles. The molecular weight excluding hydrogens is 435 g/mol. The Morgan fingerprint density at radius 1 is 1.18 bits per heavy atom. The number of ether oxygens (including phenoxy) is 2. The molecular formula is C27H27FN2O4. The number of halogens is 1. The molecule has 1 aliphatic carbocycles. The van der Waals surface area contributed by atoms with E-state index < -0.39 is 0 Å². The van der Waals surface area contributed by atoms with Gasteiger partial charge >= 0.3 is 0 Å². The molecule has 2 aromatic carbocycles. The van der Waals surface area contributed by atoms with Crippen LogP contribution in [0.3, 0.4) is 0 Å². The van der Waals surface area contributed by atoms with Gasteiger partial charge in [-0.3, -0.25) is 9.78 Å². The van der Waals surface area contributed by atoms with Gasteiger partial charge in [-0.15, -0.1) is 0 Å². The Balaban J connectivity index is 1.63. The maximum absolute atomic E-state index is 14.2. The number of phenolic OH excluding ortho intramolecular Hbond substituents is 1. The van der Waals surface area contributed by atoms with E-state index in [0.717, 1.165) is 27.8 Å². The lowest BCUT2D eigenvalue weighted by Crippen LogP contribution is -2.25. The van der Waals surface area contributed by atoms with Gasteiger partial charge in [0.25, 0.3) is 0 Å². The number of hydrogen-bond acceptors (Lipinski definition) is 5. The van der Waals surface area contributed by atoms with Crippen LogP contribution in [0.4, 0.5) is 4.39 Å². The minimum absolute atomic E-state index is 0.0354. The summed E-state index contributed by atoms with van der Waals surface area (Å²) in [4.78, 5) is 16.8. The van der Waals surface area contributed by atoms with Crippen molar-refractivity contribution in [2.45, 2.75) is 25.8 Å². The Labute approximate surface area is 198 Å². The van der Waals surface area contributed by atoms with Crippen LogP contribution in [0.2, 0.25) is 0 Å². The van der Waals surface area contributed by atoms with Gasteiger partial charge in [-0.05, 0) is 70.0 Å². The molecule has 0 aliphatic heterocycles. The number of hydrogen-bond donors (Lipinski definition) is 2. The zero-order valence-corrected chi connectivity index (χ0v) is 19.3. The molecule has 1 amide bonds. The monoisotopic (exact) mass is 462 g/mol. The summed E-state index contributed by atoms with van der Waals surface area (Å²) < 4.78 is 24.7. The van der Waals surface area contributed by atoms with Crippen LogP contribution in [0.25, 0.3) is 11.6 Å². The van der Waals surface area contributed by atoms with Crippen molar-refractivity contribution in [3.63, 3.8) is 0 Å². The van der Waals surface area contributed by atoms with Gasteiger partial charge in [-0.1, -0.05) is 25.1 Å². The van der Waals surface area contributed by atoms with E-state index >= 15 is 0 Å². The first-order valence-corrected chi connectivity index (χ1v) is 11.0. The molecule has 1 aliphatic rings. The molecule has 2 unspecified atom stereocenters. The lowest BCUT2D eigenvalue weighted by atomic mass is 9.88. The van der Waals surface area contributed by atoms with Crippen LogP contribution in [0, 0.1) is 11.7 Å². The van der Waals surface area contributed by atoms with E-state index in [1.807, 2.05) is 25.1 Å². The number of aromatic hydroxyl groups is 1. The summed E-state index contributed by atoms with van der Waals surface area (Å²) in [6, 6.07) is 11.9. The summed E-state index contributed by atoms with van der Waals surface area (Å²) in [6.07, 6.45) is 5.60. The first-order valence-electron chi connectivity index (χ1n) is 11.0. The predicted molar refractivity (Wildman–Crippen MR) is 128 cm³/mol. The van der Waals surface area contributed by atoms with Crippen molar-refractivity contribution in [2.24, 2.45) is 5.92 Å². The second kappa shape index (κ2) is 9.95. The van der Waals surface area contributed by atoms with Crippen molar-refractivity contribution in [2.75, 3.05) is 14.2 Å². The highest BCUT2D eigenvalue weighted by Crippen LogP contribution is 2.49. The third-order valence-corrected chi connectivity index (χ3v) is 6.26. The quantitative estimate of drug-likeness (QED) is 0.521. The number of amides is 1. The van der Waals surface area contributed by atoms with Gasteiger partial charge in [0, 0.05) is 25.4 Å². The molecule has 2 N–H and O–H groups in total. The van der Waals surface area contributed by atoms with Crippen LogP contribution < -0.4 is 14.8 Å². The number of allylic oxidation sites excluding steroid dienone is 1. The number of aromatic nitrogens is 1. The van der Waals surface area contributed by atoms with Gasteiger partial charge < -0.3 is 19.9 Å². The van der Waals surface area contributed by atoms with Crippen molar-refractivity contribution in [3.05, 3.63) is 82.9 Å². The molecule has 0 spiro atoms. The number of nitrogens with one attached hydrogen (secondary N) is 1. The summed E-state index contributed by atoms with van der Waals surface area (Å²) in [5.74, 6) is -0.133. The smallest absolute Gasteiger partial charge is 0.220 e. The summed E-state index contributed by atoms with van der Waals surface area (Å²) in [5.41, 5.74) is 4.38. The molecule has 7 heteroatoms. The lowest BCUT2D eigenvalue weighted by Gasteiger charge is -2.17. The second-order valence-electron chi connectivity index (χ2n) is 8.34. The molecule has 3 aromatic rings. The van der Waals surface area contributed by atoms with Gasteiger partial charge in [-0.2, -0.15) is 0 Å². The van der Waals surface area contributed by atoms with E-state index in [0.29, 0.717) is 18.0 Å². The fraction of sp³-hybridized carbons (Fsp3) is 0.259. The number of carbonyl (C=O) groups is 1. The molecule has 1 heterocycles. The fourth-order valence-electron chi connectivity index (χ4n) is 4.48. The fourth-order valence-corrected chi connectivity index (χ4v) is 4.48. The van der Waals surface area contributed by atoms with E-state index in [2.05, 4.69) is 10.3 Å². The van der Waals surface area contributed by atoms with Gasteiger partial charge in [0.05, 0.1) is 14.2 Å². The van der Waals surface area contributed by atoms with Crippen LogP contribution in [0.1, 0.15) is 41.5 Å². The normalized spacial score (nSPS) is 17.9. The first-order chi connectivity index (χ1) is 16.4. The molecule has 0 fully saturated rings. The summed E-state index contributed by atoms with van der Waals surface area (Å²) in [7, 11) is 2.95. The highest BCUT2D eigenvalue weighted by molar-refractivity contribution is 5.89. The molecule has 0 radical (unpaired) electrons. The molecule has 34 heavy (non-hydrogen) atoms. The number of benzene rings is 2. The van der Waals surface area contributed by atoms with Crippen LogP contribution in [-0.2, 0) is 11.3 Å². The Hall–Kier alpha value is -3.87. The maximum Gasteiger partial charge on any atom is 0.220 e. The number of fused-ring (bicyclic) bond motifs is 1. The third-order valence-electron chi connectivity index (χ3n) is 6.26. The topological polar surface area (TPSA) is 80.7 Å². The Morgan fingerprint density at radius 2 is 1.91 bits per heavy atom. The van der Waals surface area contributed by atoms with Crippen molar-refractivity contribution in [3.8, 4) is 17.2 Å². The van der Waals surface area contributed by atoms with Crippen LogP contribution in [-0.4, -0.2) is 30.2 Å². The SMILES string of the molecule is COc1cc(/C=C2\c3ccc(F)cc3C(CC(=O)NCc3cccnc3)C2C)cc(OC)c1O. The Bertz CT molecular complexity index is 1200. The molecule has 6 nitrogen and oxygen atoms in total. The molecule has 4 rings (SSSR count). The number of carbonyl (C=O) groups excluding carboxylic acids is 1. The number of rotatable bonds is 7. The third kappa shape index (κ3) is 4.73. The van der Waals surface area contributed by atoms with E-state index in [4.69, 9.17) is 9.47 Å². The second-order valence-corrected chi connectivity index (χ2v) is 8.34. The molecule has 0 saturated carbocycles. The predicted octanol–water partition coefficient (Wildman–Crippen LogP) is 4.92. The molecule has 1 aromatic heterocycles. The maximum atomic E-state index is 14.2. The highest BCUT2D eigenvalue weighted by atomic mass is 19.1. The molecule has 176 valence electrons. The van der Waals surface area contributed by atoms with E-state index in [-0.39, 0.29) is 35.7 Å². The summed E-state index contributed by atoms with van der Waals surface area (Å²) in [5, 5.41) is 13.2.